The van der Waals surface area contributed by atoms with Crippen molar-refractivity contribution in [2.45, 2.75) is 23.3 Å². The maximum atomic E-state index is 13.1. The van der Waals surface area contributed by atoms with Gasteiger partial charge in [-0.25, -0.2) is 8.42 Å². The number of nitrogens with zero attached hydrogens (tertiary/aromatic N) is 1. The minimum absolute atomic E-state index is 0. The molecule has 0 atom stereocenters. The van der Waals surface area contributed by atoms with E-state index >= 15 is 0 Å². The Labute approximate surface area is 164 Å². The summed E-state index contributed by atoms with van der Waals surface area (Å²) >= 11 is 12.3. The van der Waals surface area contributed by atoms with E-state index in [1.54, 1.807) is 0 Å². The van der Waals surface area contributed by atoms with Crippen LogP contribution in [-0.2, 0) is 14.8 Å². The minimum atomic E-state index is -3.75. The van der Waals surface area contributed by atoms with Gasteiger partial charge in [0.05, 0.1) is 29.4 Å². The highest BCUT2D eigenvalue weighted by Crippen LogP contribution is 2.36. The second-order valence-electron chi connectivity index (χ2n) is 6.04. The maximum absolute atomic E-state index is 13.1. The number of benzene rings is 1. The molecule has 0 unspecified atom stereocenters. The molecule has 2 aliphatic rings. The molecule has 2 fully saturated rings. The van der Waals surface area contributed by atoms with E-state index in [1.165, 1.54) is 23.5 Å². The predicted molar refractivity (Wildman–Crippen MR) is 99.8 cm³/mol. The summed E-state index contributed by atoms with van der Waals surface area (Å²) in [4.78, 5) is 0.000881. The molecule has 0 radical (unpaired) electrons. The lowest BCUT2D eigenvalue weighted by Crippen LogP contribution is -2.57. The molecule has 2 saturated heterocycles. The first kappa shape index (κ1) is 21.0. The molecule has 2 aliphatic heterocycles. The fourth-order valence-electron chi connectivity index (χ4n) is 3.20. The molecule has 0 aliphatic carbocycles. The van der Waals surface area contributed by atoms with Crippen LogP contribution in [0.2, 0.25) is 10.0 Å². The van der Waals surface area contributed by atoms with Gasteiger partial charge in [0.25, 0.3) is 0 Å². The molecule has 10 heteroatoms. The molecule has 2 heterocycles. The van der Waals surface area contributed by atoms with E-state index in [9.17, 15) is 8.42 Å². The van der Waals surface area contributed by atoms with Gasteiger partial charge in [-0.3, -0.25) is 0 Å². The van der Waals surface area contributed by atoms with Gasteiger partial charge in [0.1, 0.15) is 10.6 Å². The quantitative estimate of drug-likeness (QED) is 0.796. The molecule has 1 spiro atoms. The molecule has 142 valence electrons. The second kappa shape index (κ2) is 8.17. The van der Waals surface area contributed by atoms with Crippen molar-refractivity contribution in [3.05, 3.63) is 22.2 Å². The Kier molecular flexibility index (Phi) is 6.87. The largest absolute Gasteiger partial charge is 0.495 e. The Morgan fingerprint density at radius 1 is 1.24 bits per heavy atom. The monoisotopic (exact) mass is 430 g/mol. The first-order valence-electron chi connectivity index (χ1n) is 7.76. The van der Waals surface area contributed by atoms with Crippen LogP contribution < -0.4 is 10.1 Å². The first-order valence-corrected chi connectivity index (χ1v) is 9.95. The Balaban J connectivity index is 0.00000225. The van der Waals surface area contributed by atoms with Crippen LogP contribution in [0.15, 0.2) is 17.0 Å². The van der Waals surface area contributed by atoms with Gasteiger partial charge < -0.3 is 14.8 Å². The van der Waals surface area contributed by atoms with Crippen molar-refractivity contribution in [1.82, 2.24) is 9.62 Å². The summed E-state index contributed by atoms with van der Waals surface area (Å²) in [6.07, 6.45) is 1.58. The Bertz CT molecular complexity index is 718. The van der Waals surface area contributed by atoms with E-state index < -0.39 is 15.6 Å². The number of nitrogens with one attached hydrogen (secondary N) is 1. The summed E-state index contributed by atoms with van der Waals surface area (Å²) in [7, 11) is -2.30. The SMILES string of the molecule is COc1cc(Cl)c(S(=O)(=O)N2CCOC3(CCNCC3)C2)cc1Cl.Cl. The number of morpholine rings is 1. The molecule has 3 rings (SSSR count). The highest BCUT2D eigenvalue weighted by molar-refractivity contribution is 7.89. The summed E-state index contributed by atoms with van der Waals surface area (Å²) in [6.45, 7) is 2.65. The predicted octanol–water partition coefficient (Wildman–Crippen LogP) is 2.57. The van der Waals surface area contributed by atoms with E-state index in [4.69, 9.17) is 32.7 Å². The zero-order valence-electron chi connectivity index (χ0n) is 13.8. The van der Waals surface area contributed by atoms with Crippen molar-refractivity contribution in [1.29, 1.82) is 0 Å². The van der Waals surface area contributed by atoms with E-state index in [0.29, 0.717) is 25.4 Å². The van der Waals surface area contributed by atoms with Crippen molar-refractivity contribution in [2.24, 2.45) is 0 Å². The van der Waals surface area contributed by atoms with Crippen LogP contribution in [0.1, 0.15) is 12.8 Å². The highest BCUT2D eigenvalue weighted by Gasteiger charge is 2.42. The van der Waals surface area contributed by atoms with Crippen LogP contribution in [0.3, 0.4) is 0 Å². The van der Waals surface area contributed by atoms with Crippen molar-refractivity contribution in [2.75, 3.05) is 39.9 Å². The fraction of sp³-hybridized carbons (Fsp3) is 0.600. The fourth-order valence-corrected chi connectivity index (χ4v) is 5.53. The van der Waals surface area contributed by atoms with Gasteiger partial charge in [0.2, 0.25) is 10.0 Å². The molecule has 25 heavy (non-hydrogen) atoms. The Morgan fingerprint density at radius 2 is 1.92 bits per heavy atom. The lowest BCUT2D eigenvalue weighted by atomic mass is 9.91. The molecule has 0 bridgehead atoms. The third-order valence-electron chi connectivity index (χ3n) is 4.55. The van der Waals surface area contributed by atoms with Gasteiger partial charge in [-0.1, -0.05) is 23.2 Å². The molecule has 1 aromatic carbocycles. The summed E-state index contributed by atoms with van der Waals surface area (Å²) in [5, 5.41) is 3.58. The highest BCUT2D eigenvalue weighted by atomic mass is 35.5. The lowest BCUT2D eigenvalue weighted by molar-refractivity contribution is -0.105. The van der Waals surface area contributed by atoms with Gasteiger partial charge in [-0.15, -0.1) is 12.4 Å². The molecular formula is C15H21Cl3N2O4S. The van der Waals surface area contributed by atoms with E-state index in [-0.39, 0.29) is 27.3 Å². The van der Waals surface area contributed by atoms with Crippen molar-refractivity contribution >= 4 is 45.6 Å². The van der Waals surface area contributed by atoms with Gasteiger partial charge in [0, 0.05) is 19.2 Å². The van der Waals surface area contributed by atoms with Gasteiger partial charge in [-0.05, 0) is 32.0 Å². The smallest absolute Gasteiger partial charge is 0.244 e. The van der Waals surface area contributed by atoms with Crippen LogP contribution in [-0.4, -0.2) is 58.2 Å². The first-order chi connectivity index (χ1) is 11.4. The van der Waals surface area contributed by atoms with Gasteiger partial charge >= 0.3 is 0 Å². The van der Waals surface area contributed by atoms with Crippen LogP contribution in [0.4, 0.5) is 0 Å². The second-order valence-corrected chi connectivity index (χ2v) is 8.76. The number of methoxy groups -OCH3 is 1. The summed E-state index contributed by atoms with van der Waals surface area (Å²) in [5.74, 6) is 0.345. The number of ether oxygens (including phenoxy) is 2. The summed E-state index contributed by atoms with van der Waals surface area (Å²) in [5.41, 5.74) is -0.417. The van der Waals surface area contributed by atoms with Crippen molar-refractivity contribution < 1.29 is 17.9 Å². The average Bonchev–Trinajstić information content (AvgIpc) is 2.57. The molecule has 6 nitrogen and oxygen atoms in total. The minimum Gasteiger partial charge on any atom is -0.495 e. The third kappa shape index (κ3) is 4.18. The topological polar surface area (TPSA) is 67.9 Å². The van der Waals surface area contributed by atoms with Gasteiger partial charge in [-0.2, -0.15) is 4.31 Å². The van der Waals surface area contributed by atoms with Crippen LogP contribution in [0.25, 0.3) is 0 Å². The summed E-state index contributed by atoms with van der Waals surface area (Å²) in [6, 6.07) is 2.78. The van der Waals surface area contributed by atoms with Gasteiger partial charge in [0.15, 0.2) is 0 Å². The zero-order chi connectivity index (χ0) is 17.4. The van der Waals surface area contributed by atoms with Crippen molar-refractivity contribution in [3.63, 3.8) is 0 Å². The number of rotatable bonds is 3. The molecular weight excluding hydrogens is 411 g/mol. The van der Waals surface area contributed by atoms with E-state index in [2.05, 4.69) is 5.32 Å². The molecule has 0 aromatic heterocycles. The van der Waals surface area contributed by atoms with Crippen LogP contribution in [0, 0.1) is 0 Å². The number of hydrogen-bond donors (Lipinski definition) is 1. The Morgan fingerprint density at radius 3 is 2.56 bits per heavy atom. The number of hydrogen-bond acceptors (Lipinski definition) is 5. The number of halogens is 3. The molecule has 1 aromatic rings. The van der Waals surface area contributed by atoms with Crippen LogP contribution >= 0.6 is 35.6 Å². The Hall–Kier alpha value is -0.280. The lowest BCUT2D eigenvalue weighted by Gasteiger charge is -2.44. The van der Waals surface area contributed by atoms with E-state index in [1.807, 2.05) is 0 Å². The van der Waals surface area contributed by atoms with Crippen LogP contribution in [0.5, 0.6) is 5.75 Å². The average molecular weight is 432 g/mol. The molecule has 0 saturated carbocycles. The number of piperidine rings is 1. The standard InChI is InChI=1S/C15H20Cl2N2O4S.ClH/c1-22-13-8-12(17)14(9-11(13)16)24(20,21)19-6-7-23-15(10-19)2-4-18-5-3-15;/h8-9,18H,2-7,10H2,1H3;1H. The van der Waals surface area contributed by atoms with E-state index in [0.717, 1.165) is 25.9 Å². The normalized spacial score (nSPS) is 20.9. The number of sulfonamides is 1. The molecule has 1 N–H and O–H groups in total. The van der Waals surface area contributed by atoms with Crippen molar-refractivity contribution in [3.8, 4) is 5.75 Å². The molecule has 0 amide bonds. The maximum Gasteiger partial charge on any atom is 0.244 e. The zero-order valence-corrected chi connectivity index (χ0v) is 16.9. The third-order valence-corrected chi connectivity index (χ3v) is 7.16. The summed E-state index contributed by atoms with van der Waals surface area (Å²) < 4.78 is 38.6.